The molecular weight excluding hydrogens is 205 g/mol. The molecule has 1 aromatic heterocycles. The van der Waals surface area contributed by atoms with Crippen LogP contribution in [-0.4, -0.2) is 4.98 Å². The third kappa shape index (κ3) is 1.62. The highest BCUT2D eigenvalue weighted by Crippen LogP contribution is 2.22. The quantitative estimate of drug-likeness (QED) is 0.519. The van der Waals surface area contributed by atoms with Crippen LogP contribution >= 0.6 is 23.2 Å². The van der Waals surface area contributed by atoms with Crippen LogP contribution in [0, 0.1) is 0 Å². The Morgan fingerprint density at radius 3 is 2.77 bits per heavy atom. The summed E-state index contributed by atoms with van der Waals surface area (Å²) in [5.41, 5.74) is 0.811. The van der Waals surface area contributed by atoms with Crippen LogP contribution in [0.2, 0.25) is 5.15 Å². The van der Waals surface area contributed by atoms with Crippen LogP contribution in [0.4, 0.5) is 0 Å². The van der Waals surface area contributed by atoms with E-state index in [2.05, 4.69) is 4.98 Å². The lowest BCUT2D eigenvalue weighted by Gasteiger charge is -2.01. The molecule has 1 heterocycles. The molecule has 0 fully saturated rings. The first-order chi connectivity index (χ1) is 6.31. The maximum absolute atomic E-state index is 5.97. The van der Waals surface area contributed by atoms with Crippen molar-refractivity contribution < 1.29 is 0 Å². The summed E-state index contributed by atoms with van der Waals surface area (Å²) < 4.78 is 0. The maximum atomic E-state index is 5.97. The Kier molecular flexibility index (Phi) is 2.38. The number of halogens is 2. The minimum Gasteiger partial charge on any atom is -0.239 e. The van der Waals surface area contributed by atoms with Gasteiger partial charge in [0.25, 0.3) is 0 Å². The molecule has 0 saturated heterocycles. The van der Waals surface area contributed by atoms with E-state index in [0.29, 0.717) is 11.0 Å². The van der Waals surface area contributed by atoms with Gasteiger partial charge in [-0.3, -0.25) is 0 Å². The molecule has 2 rings (SSSR count). The smallest absolute Gasteiger partial charge is 0.137 e. The Morgan fingerprint density at radius 2 is 2.00 bits per heavy atom. The van der Waals surface area contributed by atoms with Crippen LogP contribution in [0.1, 0.15) is 5.69 Å². The second-order valence-electron chi connectivity index (χ2n) is 2.76. The molecular formula is C10H7Cl2N. The molecule has 66 valence electrons. The van der Waals surface area contributed by atoms with Crippen molar-refractivity contribution in [2.24, 2.45) is 0 Å². The molecule has 0 amide bonds. The first-order valence-corrected chi connectivity index (χ1v) is 4.82. The monoisotopic (exact) mass is 211 g/mol. The van der Waals surface area contributed by atoms with E-state index in [1.54, 1.807) is 0 Å². The normalized spacial score (nSPS) is 10.6. The zero-order chi connectivity index (χ0) is 9.26. The molecule has 0 spiro atoms. The Bertz CT molecular complexity index is 440. The largest absolute Gasteiger partial charge is 0.239 e. The van der Waals surface area contributed by atoms with E-state index < -0.39 is 0 Å². The van der Waals surface area contributed by atoms with Gasteiger partial charge in [0, 0.05) is 5.39 Å². The minimum absolute atomic E-state index is 0.393. The predicted octanol–water partition coefficient (Wildman–Crippen LogP) is 3.63. The van der Waals surface area contributed by atoms with Crippen molar-refractivity contribution in [3.8, 4) is 0 Å². The van der Waals surface area contributed by atoms with E-state index in [0.717, 1.165) is 16.5 Å². The maximum Gasteiger partial charge on any atom is 0.137 e. The fourth-order valence-electron chi connectivity index (χ4n) is 1.28. The lowest BCUT2D eigenvalue weighted by atomic mass is 10.1. The Labute approximate surface area is 86.3 Å². The molecule has 1 aromatic carbocycles. The van der Waals surface area contributed by atoms with Crippen LogP contribution in [0.25, 0.3) is 10.8 Å². The molecule has 0 aliphatic carbocycles. The Hall–Kier alpha value is -0.790. The van der Waals surface area contributed by atoms with E-state index in [-0.39, 0.29) is 0 Å². The second-order valence-corrected chi connectivity index (χ2v) is 3.38. The molecule has 3 heteroatoms. The van der Waals surface area contributed by atoms with Gasteiger partial charge in [0.2, 0.25) is 0 Å². The van der Waals surface area contributed by atoms with Gasteiger partial charge in [-0.1, -0.05) is 35.9 Å². The van der Waals surface area contributed by atoms with Gasteiger partial charge >= 0.3 is 0 Å². The summed E-state index contributed by atoms with van der Waals surface area (Å²) in [6.07, 6.45) is 0. The topological polar surface area (TPSA) is 12.9 Å². The number of pyridine rings is 1. The highest BCUT2D eigenvalue weighted by atomic mass is 35.5. The van der Waals surface area contributed by atoms with Crippen molar-refractivity contribution in [1.82, 2.24) is 4.98 Å². The summed E-state index contributed by atoms with van der Waals surface area (Å²) in [6.45, 7) is 0. The van der Waals surface area contributed by atoms with E-state index in [1.807, 2.05) is 30.3 Å². The van der Waals surface area contributed by atoms with Gasteiger partial charge in [0.1, 0.15) is 5.15 Å². The van der Waals surface area contributed by atoms with Crippen molar-refractivity contribution in [1.29, 1.82) is 0 Å². The fraction of sp³-hybridized carbons (Fsp3) is 0.100. The van der Waals surface area contributed by atoms with Crippen LogP contribution in [0.3, 0.4) is 0 Å². The first kappa shape index (κ1) is 8.79. The van der Waals surface area contributed by atoms with Gasteiger partial charge in [0.15, 0.2) is 0 Å². The van der Waals surface area contributed by atoms with E-state index >= 15 is 0 Å². The van der Waals surface area contributed by atoms with Gasteiger partial charge in [-0.05, 0) is 11.5 Å². The fourth-order valence-corrected chi connectivity index (χ4v) is 1.69. The molecule has 0 bridgehead atoms. The summed E-state index contributed by atoms with van der Waals surface area (Å²) in [4.78, 5) is 4.15. The van der Waals surface area contributed by atoms with Crippen molar-refractivity contribution in [2.45, 2.75) is 5.88 Å². The van der Waals surface area contributed by atoms with Crippen LogP contribution < -0.4 is 0 Å². The zero-order valence-corrected chi connectivity index (χ0v) is 8.31. The molecule has 0 atom stereocenters. The molecule has 13 heavy (non-hydrogen) atoms. The van der Waals surface area contributed by atoms with E-state index in [1.165, 1.54) is 0 Å². The SMILES string of the molecule is ClCc1cc2ccccc2c(Cl)n1. The molecule has 0 aliphatic rings. The molecule has 0 unspecified atom stereocenters. The third-order valence-electron chi connectivity index (χ3n) is 1.88. The highest BCUT2D eigenvalue weighted by molar-refractivity contribution is 6.34. The van der Waals surface area contributed by atoms with Crippen molar-refractivity contribution >= 4 is 34.0 Å². The molecule has 0 N–H and O–H groups in total. The number of benzene rings is 1. The third-order valence-corrected chi connectivity index (χ3v) is 2.45. The summed E-state index contributed by atoms with van der Waals surface area (Å²) in [5, 5.41) is 2.57. The number of alkyl halides is 1. The number of fused-ring (bicyclic) bond motifs is 1. The zero-order valence-electron chi connectivity index (χ0n) is 6.80. The number of nitrogens with zero attached hydrogens (tertiary/aromatic N) is 1. The van der Waals surface area contributed by atoms with Crippen LogP contribution in [0.15, 0.2) is 30.3 Å². The predicted molar refractivity (Wildman–Crippen MR) is 56.3 cm³/mol. The Morgan fingerprint density at radius 1 is 1.23 bits per heavy atom. The summed E-state index contributed by atoms with van der Waals surface area (Å²) in [5.74, 6) is 0.393. The molecule has 1 nitrogen and oxygen atoms in total. The average molecular weight is 212 g/mol. The average Bonchev–Trinajstić information content (AvgIpc) is 2.18. The van der Waals surface area contributed by atoms with Crippen molar-refractivity contribution in [3.63, 3.8) is 0 Å². The van der Waals surface area contributed by atoms with Gasteiger partial charge in [-0.25, -0.2) is 4.98 Å². The molecule has 2 aromatic rings. The van der Waals surface area contributed by atoms with Gasteiger partial charge < -0.3 is 0 Å². The molecule has 0 aliphatic heterocycles. The van der Waals surface area contributed by atoms with Gasteiger partial charge in [-0.15, -0.1) is 11.6 Å². The first-order valence-electron chi connectivity index (χ1n) is 3.91. The van der Waals surface area contributed by atoms with Crippen molar-refractivity contribution in [3.05, 3.63) is 41.2 Å². The number of aromatic nitrogens is 1. The molecule has 0 radical (unpaired) electrons. The lowest BCUT2D eigenvalue weighted by Crippen LogP contribution is -1.86. The van der Waals surface area contributed by atoms with E-state index in [4.69, 9.17) is 23.2 Å². The minimum atomic E-state index is 0.393. The lowest BCUT2D eigenvalue weighted by molar-refractivity contribution is 1.19. The highest BCUT2D eigenvalue weighted by Gasteiger charge is 2.01. The van der Waals surface area contributed by atoms with Gasteiger partial charge in [-0.2, -0.15) is 0 Å². The summed E-state index contributed by atoms with van der Waals surface area (Å²) >= 11 is 11.6. The van der Waals surface area contributed by atoms with E-state index in [9.17, 15) is 0 Å². The second kappa shape index (κ2) is 3.52. The standard InChI is InChI=1S/C10H7Cl2N/c11-6-8-5-7-3-1-2-4-9(7)10(12)13-8/h1-5H,6H2. The Balaban J connectivity index is 2.77. The van der Waals surface area contributed by atoms with Crippen molar-refractivity contribution in [2.75, 3.05) is 0 Å². The van der Waals surface area contributed by atoms with Gasteiger partial charge in [0.05, 0.1) is 11.6 Å². The van der Waals surface area contributed by atoms with Crippen LogP contribution in [-0.2, 0) is 5.88 Å². The van der Waals surface area contributed by atoms with Crippen LogP contribution in [0.5, 0.6) is 0 Å². The summed E-state index contributed by atoms with van der Waals surface area (Å²) in [6, 6.07) is 9.81. The summed E-state index contributed by atoms with van der Waals surface area (Å²) in [7, 11) is 0. The number of hydrogen-bond acceptors (Lipinski definition) is 1. The number of rotatable bonds is 1. The molecule has 0 saturated carbocycles. The number of hydrogen-bond donors (Lipinski definition) is 0.